The molecular formula is C16H28N2S. The van der Waals surface area contributed by atoms with Crippen molar-refractivity contribution < 1.29 is 0 Å². The van der Waals surface area contributed by atoms with Crippen LogP contribution < -0.4 is 10.2 Å². The minimum Gasteiger partial charge on any atom is -0.374 e. The number of nitrogens with one attached hydrogen (secondary N) is 1. The van der Waals surface area contributed by atoms with Crippen LogP contribution in [-0.2, 0) is 6.54 Å². The molecule has 0 atom stereocenters. The third-order valence-electron chi connectivity index (χ3n) is 3.27. The second-order valence-corrected chi connectivity index (χ2v) is 6.54. The molecular weight excluding hydrogens is 252 g/mol. The van der Waals surface area contributed by atoms with Gasteiger partial charge >= 0.3 is 0 Å². The van der Waals surface area contributed by atoms with E-state index in [1.54, 1.807) is 0 Å². The lowest BCUT2D eigenvalue weighted by Gasteiger charge is -2.20. The molecule has 0 fully saturated rings. The smallest absolute Gasteiger partial charge is 0.0366 e. The molecule has 0 aliphatic heterocycles. The van der Waals surface area contributed by atoms with Crippen molar-refractivity contribution >= 4 is 17.4 Å². The maximum absolute atomic E-state index is 3.51. The van der Waals surface area contributed by atoms with Gasteiger partial charge in [-0.25, -0.2) is 0 Å². The maximum Gasteiger partial charge on any atom is 0.0366 e. The number of nitrogens with zero attached hydrogens (tertiary/aromatic N) is 1. The summed E-state index contributed by atoms with van der Waals surface area (Å²) in [6, 6.07) is 6.79. The van der Waals surface area contributed by atoms with Crippen LogP contribution in [0.5, 0.6) is 0 Å². The average Bonchev–Trinajstić information content (AvgIpc) is 2.37. The molecule has 0 heterocycles. The van der Waals surface area contributed by atoms with E-state index < -0.39 is 0 Å². The van der Waals surface area contributed by atoms with Gasteiger partial charge in [0.2, 0.25) is 0 Å². The summed E-state index contributed by atoms with van der Waals surface area (Å²) >= 11 is 1.89. The molecule has 0 spiro atoms. The van der Waals surface area contributed by atoms with E-state index in [2.05, 4.69) is 62.5 Å². The highest BCUT2D eigenvalue weighted by atomic mass is 32.2. The normalized spacial score (nSPS) is 11.1. The lowest BCUT2D eigenvalue weighted by molar-refractivity contribution is 0.551. The Morgan fingerprint density at radius 1 is 1.32 bits per heavy atom. The van der Waals surface area contributed by atoms with Gasteiger partial charge in [-0.1, -0.05) is 19.9 Å². The van der Waals surface area contributed by atoms with Gasteiger partial charge in [0.15, 0.2) is 0 Å². The van der Waals surface area contributed by atoms with E-state index in [9.17, 15) is 0 Å². The van der Waals surface area contributed by atoms with Crippen molar-refractivity contribution in [2.24, 2.45) is 5.92 Å². The Labute approximate surface area is 123 Å². The fraction of sp³-hybridized carbons (Fsp3) is 0.625. The van der Waals surface area contributed by atoms with Gasteiger partial charge in [0.1, 0.15) is 0 Å². The fourth-order valence-electron chi connectivity index (χ4n) is 1.97. The van der Waals surface area contributed by atoms with Gasteiger partial charge in [-0.05, 0) is 48.9 Å². The number of benzene rings is 1. The molecule has 0 aliphatic carbocycles. The minimum atomic E-state index is 0.706. The molecule has 19 heavy (non-hydrogen) atoms. The first-order chi connectivity index (χ1) is 9.04. The zero-order valence-corrected chi connectivity index (χ0v) is 13.8. The minimum absolute atomic E-state index is 0.706. The summed E-state index contributed by atoms with van der Waals surface area (Å²) in [5.41, 5.74) is 4.10. The molecule has 1 aromatic rings. The van der Waals surface area contributed by atoms with E-state index in [0.29, 0.717) is 5.92 Å². The third-order valence-corrected chi connectivity index (χ3v) is 3.86. The second kappa shape index (κ2) is 8.49. The molecule has 3 heteroatoms. The van der Waals surface area contributed by atoms with Gasteiger partial charge in [-0.2, -0.15) is 11.8 Å². The molecule has 0 saturated carbocycles. The molecule has 108 valence electrons. The fourth-order valence-corrected chi connectivity index (χ4v) is 2.43. The number of hydrogen-bond acceptors (Lipinski definition) is 3. The second-order valence-electron chi connectivity index (χ2n) is 5.55. The molecule has 0 radical (unpaired) electrons. The Morgan fingerprint density at radius 3 is 2.63 bits per heavy atom. The summed E-state index contributed by atoms with van der Waals surface area (Å²) in [6.45, 7) is 9.84. The molecule has 1 N–H and O–H groups in total. The third kappa shape index (κ3) is 5.87. The van der Waals surface area contributed by atoms with Gasteiger partial charge in [-0.3, -0.25) is 0 Å². The summed E-state index contributed by atoms with van der Waals surface area (Å²) in [7, 11) is 2.17. The molecule has 1 aromatic carbocycles. The Balaban J connectivity index is 2.58. The molecule has 0 aliphatic rings. The van der Waals surface area contributed by atoms with Gasteiger partial charge in [0.05, 0.1) is 0 Å². The first kappa shape index (κ1) is 16.4. The van der Waals surface area contributed by atoms with Crippen molar-refractivity contribution in [2.75, 3.05) is 37.0 Å². The van der Waals surface area contributed by atoms with Crippen LogP contribution in [0.25, 0.3) is 0 Å². The molecule has 0 amide bonds. The Morgan fingerprint density at radius 2 is 2.05 bits per heavy atom. The van der Waals surface area contributed by atoms with E-state index in [-0.39, 0.29) is 0 Å². The number of aryl methyl sites for hydroxylation is 1. The highest BCUT2D eigenvalue weighted by Gasteiger charge is 2.04. The van der Waals surface area contributed by atoms with Crippen LogP contribution >= 0.6 is 11.8 Å². The molecule has 0 aromatic heterocycles. The maximum atomic E-state index is 3.51. The van der Waals surface area contributed by atoms with E-state index in [4.69, 9.17) is 0 Å². The summed E-state index contributed by atoms with van der Waals surface area (Å²) in [5, 5.41) is 3.51. The van der Waals surface area contributed by atoms with Crippen molar-refractivity contribution in [3.63, 3.8) is 0 Å². The molecule has 0 saturated heterocycles. The highest BCUT2D eigenvalue weighted by molar-refractivity contribution is 7.98. The van der Waals surface area contributed by atoms with Crippen molar-refractivity contribution in [1.82, 2.24) is 5.32 Å². The molecule has 1 rings (SSSR count). The standard InChI is InChI=1S/C16H28N2S/c1-13(2)11-17-12-15-6-7-16(10-14(15)3)18(4)8-9-19-5/h6-7,10,13,17H,8-9,11-12H2,1-5H3. The molecule has 2 nitrogen and oxygen atoms in total. The van der Waals surface area contributed by atoms with Gasteiger partial charge in [-0.15, -0.1) is 0 Å². The first-order valence-corrected chi connectivity index (χ1v) is 8.44. The van der Waals surface area contributed by atoms with E-state index in [1.165, 1.54) is 22.6 Å². The van der Waals surface area contributed by atoms with Crippen LogP contribution in [0.3, 0.4) is 0 Å². The summed E-state index contributed by atoms with van der Waals surface area (Å²) in [4.78, 5) is 2.33. The lowest BCUT2D eigenvalue weighted by atomic mass is 10.1. The topological polar surface area (TPSA) is 15.3 Å². The Hall–Kier alpha value is -0.670. The van der Waals surface area contributed by atoms with E-state index >= 15 is 0 Å². The van der Waals surface area contributed by atoms with Crippen molar-refractivity contribution in [2.45, 2.75) is 27.3 Å². The van der Waals surface area contributed by atoms with E-state index in [1.807, 2.05) is 11.8 Å². The summed E-state index contributed by atoms with van der Waals surface area (Å²) in [6.07, 6.45) is 2.16. The predicted molar refractivity (Wildman–Crippen MR) is 89.4 cm³/mol. The summed E-state index contributed by atoms with van der Waals surface area (Å²) in [5.74, 6) is 1.88. The van der Waals surface area contributed by atoms with Crippen molar-refractivity contribution in [3.05, 3.63) is 29.3 Å². The van der Waals surface area contributed by atoms with Gasteiger partial charge in [0.25, 0.3) is 0 Å². The monoisotopic (exact) mass is 280 g/mol. The van der Waals surface area contributed by atoms with Crippen LogP contribution in [-0.4, -0.2) is 32.1 Å². The zero-order valence-electron chi connectivity index (χ0n) is 13.0. The van der Waals surface area contributed by atoms with E-state index in [0.717, 1.165) is 19.6 Å². The summed E-state index contributed by atoms with van der Waals surface area (Å²) < 4.78 is 0. The quantitative estimate of drug-likeness (QED) is 0.784. The van der Waals surface area contributed by atoms with Crippen LogP contribution in [0.15, 0.2) is 18.2 Å². The Kier molecular flexibility index (Phi) is 7.32. The molecule has 0 bridgehead atoms. The molecule has 0 unspecified atom stereocenters. The van der Waals surface area contributed by atoms with Crippen LogP contribution in [0.4, 0.5) is 5.69 Å². The predicted octanol–water partition coefficient (Wildman–Crippen LogP) is 3.54. The largest absolute Gasteiger partial charge is 0.374 e. The zero-order chi connectivity index (χ0) is 14.3. The Bertz CT molecular complexity index is 377. The van der Waals surface area contributed by atoms with Crippen molar-refractivity contribution in [3.8, 4) is 0 Å². The van der Waals surface area contributed by atoms with Gasteiger partial charge < -0.3 is 10.2 Å². The number of hydrogen-bond donors (Lipinski definition) is 1. The van der Waals surface area contributed by atoms with Crippen molar-refractivity contribution in [1.29, 1.82) is 0 Å². The number of thioether (sulfide) groups is 1. The first-order valence-electron chi connectivity index (χ1n) is 7.05. The lowest BCUT2D eigenvalue weighted by Crippen LogP contribution is -2.21. The SMILES string of the molecule is CSCCN(C)c1ccc(CNCC(C)C)c(C)c1. The van der Waals surface area contributed by atoms with Crippen LogP contribution in [0.1, 0.15) is 25.0 Å². The van der Waals surface area contributed by atoms with Gasteiger partial charge in [0, 0.05) is 31.6 Å². The number of anilines is 1. The van der Waals surface area contributed by atoms with Crippen LogP contribution in [0.2, 0.25) is 0 Å². The average molecular weight is 280 g/mol. The highest BCUT2D eigenvalue weighted by Crippen LogP contribution is 2.18. The van der Waals surface area contributed by atoms with Crippen LogP contribution in [0, 0.1) is 12.8 Å². The number of rotatable bonds is 8.